The number of unbranched alkanes of at least 4 members (excludes halogenated alkanes) is 10. The molecule has 29 heteroatoms. The van der Waals surface area contributed by atoms with Crippen LogP contribution in [0.15, 0.2) is 12.7 Å². The van der Waals surface area contributed by atoms with Gasteiger partial charge in [-0.15, -0.1) is 0 Å². The van der Waals surface area contributed by atoms with Gasteiger partial charge in [0, 0.05) is 37.1 Å². The summed E-state index contributed by atoms with van der Waals surface area (Å²) in [4.78, 5) is 88.2. The summed E-state index contributed by atoms with van der Waals surface area (Å²) < 4.78 is 62.3. The maximum absolute atomic E-state index is 12.7. The van der Waals surface area contributed by atoms with Gasteiger partial charge in [0.05, 0.1) is 19.5 Å². The molecule has 0 aliphatic carbocycles. The number of aliphatic hydroxyl groups excluding tert-OH is 2. The van der Waals surface area contributed by atoms with Crippen molar-refractivity contribution in [3.63, 3.8) is 0 Å². The number of hydrogen-bond donors (Lipinski definition) is 9. The SMILES string of the molecule is CCCCCCCCCCCCCC(=O)SCCNC(=O)CCNC(=O)C(O)C(C)(C)COP(=O)(O)OP(=O)(O)OC[C@H]1O[C@@H](n2cnc3c(N)ncnc32)[C@H](O)[C@@H]1OP(=O)(O)O.[Li+]. The van der Waals surface area contributed by atoms with E-state index in [1.54, 1.807) is 0 Å². The van der Waals surface area contributed by atoms with Crippen molar-refractivity contribution in [3.8, 4) is 0 Å². The minimum atomic E-state index is -5.57. The van der Waals surface area contributed by atoms with Crippen molar-refractivity contribution in [1.29, 1.82) is 0 Å². The van der Waals surface area contributed by atoms with Gasteiger partial charge in [-0.25, -0.2) is 28.6 Å². The first kappa shape index (κ1) is 58.3. The molecule has 10 N–H and O–H groups in total. The molecule has 0 spiro atoms. The zero-order valence-corrected chi connectivity index (χ0v) is 40.1. The number of nitrogens with zero attached hydrogens (tertiary/aromatic N) is 4. The average molecular weight is 985 g/mol. The summed E-state index contributed by atoms with van der Waals surface area (Å²) in [7, 11) is -16.4. The number of rotatable bonds is 31. The van der Waals surface area contributed by atoms with Crippen LogP contribution in [0, 0.1) is 5.41 Å². The molecule has 64 heavy (non-hydrogen) atoms. The topological polar surface area (TPSA) is 364 Å². The molecule has 1 aliphatic heterocycles. The van der Waals surface area contributed by atoms with E-state index in [1.807, 2.05) is 0 Å². The number of nitrogens with one attached hydrogen (secondary N) is 2. The summed E-state index contributed by atoms with van der Waals surface area (Å²) >= 11 is 1.15. The van der Waals surface area contributed by atoms with Gasteiger partial charge >= 0.3 is 42.3 Å². The van der Waals surface area contributed by atoms with Crippen LogP contribution in [0.5, 0.6) is 0 Å². The van der Waals surface area contributed by atoms with E-state index in [0.29, 0.717) is 12.2 Å². The molecule has 0 radical (unpaired) electrons. The van der Waals surface area contributed by atoms with Crippen LogP contribution in [0.1, 0.15) is 110 Å². The number of aromatic nitrogens is 4. The fraction of sp³-hybridized carbons (Fsp3) is 0.771. The Labute approximate surface area is 387 Å². The summed E-state index contributed by atoms with van der Waals surface area (Å²) in [5.74, 6) is -1.02. The van der Waals surface area contributed by atoms with E-state index in [1.165, 1.54) is 65.2 Å². The molecule has 0 saturated carbocycles. The summed E-state index contributed by atoms with van der Waals surface area (Å²) in [5, 5.41) is 26.6. The van der Waals surface area contributed by atoms with Gasteiger partial charge in [-0.2, -0.15) is 4.31 Å². The van der Waals surface area contributed by atoms with Crippen molar-refractivity contribution in [3.05, 3.63) is 12.7 Å². The summed E-state index contributed by atoms with van der Waals surface area (Å²) in [6.07, 6.45) is 6.75. The number of phosphoric acid groups is 3. The largest absolute Gasteiger partial charge is 1.00 e. The summed E-state index contributed by atoms with van der Waals surface area (Å²) in [6, 6.07) is 0. The molecule has 2 aromatic rings. The Kier molecular flexibility index (Phi) is 25.4. The van der Waals surface area contributed by atoms with E-state index in [0.717, 1.165) is 48.2 Å². The van der Waals surface area contributed by atoms with Crippen LogP contribution in [0.4, 0.5) is 5.82 Å². The van der Waals surface area contributed by atoms with Crippen LogP contribution in [0.2, 0.25) is 0 Å². The first-order valence-electron chi connectivity index (χ1n) is 20.6. The van der Waals surface area contributed by atoms with Crippen LogP contribution < -0.4 is 35.2 Å². The molecular weight excluding hydrogens is 922 g/mol. The number of fused-ring (bicyclic) bond motifs is 1. The van der Waals surface area contributed by atoms with Crippen LogP contribution in [0.25, 0.3) is 11.2 Å². The van der Waals surface area contributed by atoms with E-state index < -0.39 is 84.6 Å². The molecule has 1 aliphatic rings. The fourth-order valence-electron chi connectivity index (χ4n) is 6.30. The number of carbonyl (C=O) groups is 3. The van der Waals surface area contributed by atoms with Gasteiger partial charge in [0.2, 0.25) is 11.8 Å². The summed E-state index contributed by atoms with van der Waals surface area (Å²) in [5.41, 5.74) is 4.29. The number of aliphatic hydroxyl groups is 2. The Hall–Kier alpha value is -1.84. The Morgan fingerprint density at radius 3 is 2.14 bits per heavy atom. The van der Waals surface area contributed by atoms with Gasteiger partial charge in [-0.05, 0) is 6.42 Å². The van der Waals surface area contributed by atoms with E-state index in [2.05, 4.69) is 41.3 Å². The molecule has 0 aromatic carbocycles. The molecule has 3 unspecified atom stereocenters. The van der Waals surface area contributed by atoms with Crippen LogP contribution in [-0.4, -0.2) is 123 Å². The van der Waals surface area contributed by atoms with E-state index >= 15 is 0 Å². The first-order chi connectivity index (χ1) is 29.6. The third kappa shape index (κ3) is 20.6. The number of anilines is 1. The molecule has 24 nitrogen and oxygen atoms in total. The molecule has 1 fully saturated rings. The Balaban J connectivity index is 0.0000141. The monoisotopic (exact) mass is 984 g/mol. The van der Waals surface area contributed by atoms with Gasteiger partial charge in [0.25, 0.3) is 0 Å². The number of hydrogen-bond acceptors (Lipinski definition) is 18. The Morgan fingerprint density at radius 2 is 1.52 bits per heavy atom. The number of nitrogen functional groups attached to an aromatic ring is 1. The third-order valence-electron chi connectivity index (χ3n) is 9.75. The number of ether oxygens (including phenoxy) is 1. The maximum Gasteiger partial charge on any atom is 1.00 e. The molecular formula is C35H62LiN7O17P3S+. The van der Waals surface area contributed by atoms with Gasteiger partial charge in [0.15, 0.2) is 22.8 Å². The van der Waals surface area contributed by atoms with Crippen molar-refractivity contribution in [2.75, 3.05) is 37.8 Å². The molecule has 0 bridgehead atoms. The van der Waals surface area contributed by atoms with Crippen LogP contribution in [-0.2, 0) is 50.7 Å². The number of thioether (sulfide) groups is 1. The minimum absolute atomic E-state index is 0. The second-order valence-corrected chi connectivity index (χ2v) is 21.0. The van der Waals surface area contributed by atoms with Gasteiger partial charge in [0.1, 0.15) is 36.3 Å². The van der Waals surface area contributed by atoms with E-state index in [9.17, 15) is 57.9 Å². The molecule has 2 amide bonds. The van der Waals surface area contributed by atoms with Gasteiger partial charge in [-0.3, -0.25) is 32.5 Å². The number of imidazole rings is 1. The van der Waals surface area contributed by atoms with Crippen molar-refractivity contribution < 1.29 is 99.3 Å². The molecule has 2 aromatic heterocycles. The van der Waals surface area contributed by atoms with Gasteiger partial charge < -0.3 is 50.9 Å². The second-order valence-electron chi connectivity index (χ2n) is 15.6. The normalized spacial score (nSPS) is 20.3. The van der Waals surface area contributed by atoms with Crippen molar-refractivity contribution in [1.82, 2.24) is 30.2 Å². The molecule has 360 valence electrons. The van der Waals surface area contributed by atoms with E-state index in [-0.39, 0.29) is 60.5 Å². The zero-order chi connectivity index (χ0) is 46.8. The minimum Gasteiger partial charge on any atom is -0.386 e. The van der Waals surface area contributed by atoms with Gasteiger partial charge in [-0.1, -0.05) is 96.7 Å². The standard InChI is InChI=1S/C35H62N7O17P3S.Li/c1-4-5-6-7-8-9-10-11-12-13-14-15-26(44)63-19-18-37-25(43)16-17-38-33(47)30(46)35(2,3)21-56-62(53,54)59-61(51,52)55-20-24-29(58-60(48,49)50)28(45)34(57-24)42-23-41-27-31(36)39-22-40-32(27)42;/h22-24,28-30,34,45-46H,4-21H2,1-3H3,(H,37,43)(H,38,47)(H,51,52)(H,53,54)(H2,36,39,40)(H2,48,49,50);/q;+1/t24-,28-,29-,30?,34-;/m1./s1. The Bertz CT molecular complexity index is 1930. The quantitative estimate of drug-likeness (QED) is 0.0280. The predicted octanol–water partition coefficient (Wildman–Crippen LogP) is 0.370. The fourth-order valence-corrected chi connectivity index (χ4v) is 9.85. The average Bonchev–Trinajstić information content (AvgIpc) is 3.76. The summed E-state index contributed by atoms with van der Waals surface area (Å²) in [6.45, 7) is 2.79. The zero-order valence-electron chi connectivity index (χ0n) is 36.6. The van der Waals surface area contributed by atoms with Crippen molar-refractivity contribution in [2.45, 2.75) is 135 Å². The molecule has 3 heterocycles. The van der Waals surface area contributed by atoms with Crippen LogP contribution >= 0.6 is 35.2 Å². The Morgan fingerprint density at radius 1 is 0.906 bits per heavy atom. The molecule has 7 atom stereocenters. The first-order valence-corrected chi connectivity index (χ1v) is 26.1. The molecule has 3 rings (SSSR count). The second kappa shape index (κ2) is 27.8. The van der Waals surface area contributed by atoms with Crippen molar-refractivity contribution >= 4 is 69.1 Å². The van der Waals surface area contributed by atoms with Crippen molar-refractivity contribution in [2.24, 2.45) is 5.41 Å². The third-order valence-corrected chi connectivity index (χ3v) is 13.8. The van der Waals surface area contributed by atoms with E-state index in [4.69, 9.17) is 19.5 Å². The predicted molar refractivity (Wildman–Crippen MR) is 228 cm³/mol. The number of carbonyl (C=O) groups excluding carboxylic acids is 3. The smallest absolute Gasteiger partial charge is 0.386 e. The maximum atomic E-state index is 12.7. The number of amides is 2. The number of phosphoric ester groups is 3. The molecule has 1 saturated heterocycles. The van der Waals surface area contributed by atoms with Crippen LogP contribution in [0.3, 0.4) is 0 Å². The number of nitrogens with two attached hydrogens (primary N) is 1.